The number of hydrogen-bond donors (Lipinski definition) is 2. The highest BCUT2D eigenvalue weighted by Gasteiger charge is 2.30. The maximum absolute atomic E-state index is 13.0. The molecule has 0 aliphatic carbocycles. The van der Waals surface area contributed by atoms with E-state index in [2.05, 4.69) is 5.32 Å². The highest BCUT2D eigenvalue weighted by atomic mass is 16.7. The van der Waals surface area contributed by atoms with Crippen molar-refractivity contribution in [2.24, 2.45) is 0 Å². The number of phenolic OH excluding ortho intramolecular Hbond substituents is 1. The van der Waals surface area contributed by atoms with Gasteiger partial charge in [0, 0.05) is 35.9 Å². The molecule has 0 saturated heterocycles. The summed E-state index contributed by atoms with van der Waals surface area (Å²) in [5.41, 5.74) is 0.660. The molecular formula is C23H29N3O6. The van der Waals surface area contributed by atoms with Crippen LogP contribution in [0.5, 0.6) is 5.75 Å². The largest absolute Gasteiger partial charge is 0.507 e. The van der Waals surface area contributed by atoms with Gasteiger partial charge in [-0.3, -0.25) is 10.1 Å². The number of carbonyl (C=O) groups is 2. The summed E-state index contributed by atoms with van der Waals surface area (Å²) in [6.45, 7) is 12.7. The van der Waals surface area contributed by atoms with E-state index in [0.29, 0.717) is 11.1 Å². The van der Waals surface area contributed by atoms with Crippen molar-refractivity contribution in [3.8, 4) is 5.75 Å². The lowest BCUT2D eigenvalue weighted by Gasteiger charge is -2.30. The number of nitrogens with one attached hydrogen (secondary N) is 1. The lowest BCUT2D eigenvalue weighted by atomic mass is 9.79. The van der Waals surface area contributed by atoms with E-state index in [1.165, 1.54) is 31.2 Å². The molecule has 9 heteroatoms. The summed E-state index contributed by atoms with van der Waals surface area (Å²) in [6, 6.07) is 7.68. The van der Waals surface area contributed by atoms with E-state index in [1.807, 2.05) is 41.5 Å². The summed E-state index contributed by atoms with van der Waals surface area (Å²) in [5.74, 6) is -0.598. The van der Waals surface area contributed by atoms with Gasteiger partial charge in [0.15, 0.2) is 0 Å². The van der Waals surface area contributed by atoms with Crippen molar-refractivity contribution in [3.05, 3.63) is 57.6 Å². The minimum Gasteiger partial charge on any atom is -0.507 e. The zero-order chi connectivity index (χ0) is 24.4. The first kappa shape index (κ1) is 24.6. The fourth-order valence-corrected chi connectivity index (χ4v) is 3.06. The van der Waals surface area contributed by atoms with Gasteiger partial charge in [-0.05, 0) is 35.1 Å². The average molecular weight is 444 g/mol. The van der Waals surface area contributed by atoms with Crippen LogP contribution in [0.1, 0.15) is 59.6 Å². The van der Waals surface area contributed by atoms with Gasteiger partial charge in [-0.15, -0.1) is 5.06 Å². The fourth-order valence-electron chi connectivity index (χ4n) is 3.06. The second-order valence-electron chi connectivity index (χ2n) is 9.50. The van der Waals surface area contributed by atoms with E-state index in [9.17, 15) is 24.8 Å². The molecule has 0 saturated carbocycles. The first-order valence-corrected chi connectivity index (χ1v) is 10.0. The number of aromatic hydroxyl groups is 1. The van der Waals surface area contributed by atoms with Crippen molar-refractivity contribution in [1.82, 2.24) is 0 Å². The maximum Gasteiger partial charge on any atom is 0.359 e. The van der Waals surface area contributed by atoms with Crippen molar-refractivity contribution in [2.75, 3.05) is 10.4 Å². The van der Waals surface area contributed by atoms with Crippen molar-refractivity contribution in [3.63, 3.8) is 0 Å². The number of nitro groups is 1. The summed E-state index contributed by atoms with van der Waals surface area (Å²) in [4.78, 5) is 40.3. The van der Waals surface area contributed by atoms with Gasteiger partial charge < -0.3 is 15.3 Å². The molecule has 32 heavy (non-hydrogen) atoms. The van der Waals surface area contributed by atoms with Crippen molar-refractivity contribution >= 4 is 29.1 Å². The van der Waals surface area contributed by atoms with Gasteiger partial charge in [-0.1, -0.05) is 41.5 Å². The number of hydrogen-bond acceptors (Lipinski definition) is 6. The molecule has 2 N–H and O–H groups in total. The van der Waals surface area contributed by atoms with Gasteiger partial charge in [-0.25, -0.2) is 9.59 Å². The number of amides is 2. The number of rotatable bonds is 3. The van der Waals surface area contributed by atoms with Gasteiger partial charge in [0.05, 0.1) is 10.6 Å². The van der Waals surface area contributed by atoms with E-state index < -0.39 is 27.8 Å². The second kappa shape index (κ2) is 8.86. The number of hydroxylamine groups is 1. The van der Waals surface area contributed by atoms with Crippen molar-refractivity contribution in [2.45, 2.75) is 59.3 Å². The molecule has 0 aliphatic heterocycles. The molecule has 0 aromatic heterocycles. The van der Waals surface area contributed by atoms with Gasteiger partial charge in [0.25, 0.3) is 5.69 Å². The number of urea groups is 1. The molecule has 0 unspecified atom stereocenters. The van der Waals surface area contributed by atoms with Crippen LogP contribution < -0.4 is 10.4 Å². The van der Waals surface area contributed by atoms with Crippen LogP contribution in [0, 0.1) is 10.1 Å². The van der Waals surface area contributed by atoms with E-state index in [4.69, 9.17) is 4.84 Å². The monoisotopic (exact) mass is 443 g/mol. The number of benzene rings is 2. The molecule has 0 spiro atoms. The first-order valence-electron chi connectivity index (χ1n) is 10.0. The van der Waals surface area contributed by atoms with Crippen LogP contribution in [-0.4, -0.2) is 22.0 Å². The Labute approximate surface area is 187 Å². The molecule has 2 rings (SSSR count). The summed E-state index contributed by atoms with van der Waals surface area (Å²) in [7, 11) is 0. The normalized spacial score (nSPS) is 11.6. The van der Waals surface area contributed by atoms with Gasteiger partial charge in [0.1, 0.15) is 5.75 Å². The quantitative estimate of drug-likeness (QED) is 0.483. The maximum atomic E-state index is 13.0. The molecule has 0 aliphatic rings. The van der Waals surface area contributed by atoms with E-state index >= 15 is 0 Å². The molecule has 9 nitrogen and oxygen atoms in total. The molecule has 172 valence electrons. The third kappa shape index (κ3) is 5.75. The molecule has 0 fully saturated rings. The number of anilines is 2. The van der Waals surface area contributed by atoms with E-state index in [0.717, 1.165) is 5.06 Å². The molecule has 0 atom stereocenters. The Morgan fingerprint density at radius 2 is 1.47 bits per heavy atom. The predicted molar refractivity (Wildman–Crippen MR) is 122 cm³/mol. The molecule has 2 aromatic carbocycles. The first-order chi connectivity index (χ1) is 14.6. The Kier molecular flexibility index (Phi) is 6.82. The van der Waals surface area contributed by atoms with Gasteiger partial charge in [-0.2, -0.15) is 0 Å². The van der Waals surface area contributed by atoms with Crippen LogP contribution in [0.15, 0.2) is 36.4 Å². The Morgan fingerprint density at radius 1 is 1.00 bits per heavy atom. The topological polar surface area (TPSA) is 122 Å². The lowest BCUT2D eigenvalue weighted by molar-refractivity contribution is -0.384. The molecule has 2 aromatic rings. The summed E-state index contributed by atoms with van der Waals surface area (Å²) >= 11 is 0. The van der Waals surface area contributed by atoms with Gasteiger partial charge in [0.2, 0.25) is 0 Å². The van der Waals surface area contributed by atoms with Crippen molar-refractivity contribution in [1.29, 1.82) is 0 Å². The standard InChI is InChI=1S/C23H29N3O6/c1-14(27)32-25(21(29)24-15-8-10-16(11-9-15)26(30)31)17-12-18(22(2,3)4)20(28)19(13-17)23(5,6)7/h8-13,28H,1-7H3,(H,24,29). The average Bonchev–Trinajstić information content (AvgIpc) is 2.64. The molecule has 2 amide bonds. The summed E-state index contributed by atoms with van der Waals surface area (Å²) in [5, 5.41) is 25.1. The number of nitro benzene ring substituents is 1. The van der Waals surface area contributed by atoms with Crippen LogP contribution in [0.2, 0.25) is 0 Å². The van der Waals surface area contributed by atoms with Crippen molar-refractivity contribution < 1.29 is 24.5 Å². The molecular weight excluding hydrogens is 414 g/mol. The molecule has 0 bridgehead atoms. The van der Waals surface area contributed by atoms with Crippen LogP contribution in [0.4, 0.5) is 21.9 Å². The minimum atomic E-state index is -0.778. The highest BCUT2D eigenvalue weighted by molar-refractivity contribution is 6.01. The highest BCUT2D eigenvalue weighted by Crippen LogP contribution is 2.42. The van der Waals surface area contributed by atoms with Gasteiger partial charge >= 0.3 is 12.0 Å². The van der Waals surface area contributed by atoms with E-state index in [-0.39, 0.29) is 22.8 Å². The van der Waals surface area contributed by atoms with Crippen LogP contribution in [0.25, 0.3) is 0 Å². The number of phenols is 1. The summed E-state index contributed by atoms with van der Waals surface area (Å²) < 4.78 is 0. The second-order valence-corrected chi connectivity index (χ2v) is 9.50. The number of nitrogens with zero attached hydrogens (tertiary/aromatic N) is 2. The Bertz CT molecular complexity index is 998. The van der Waals surface area contributed by atoms with E-state index in [1.54, 1.807) is 12.1 Å². The Morgan fingerprint density at radius 3 is 1.84 bits per heavy atom. The third-order valence-electron chi connectivity index (χ3n) is 4.68. The smallest absolute Gasteiger partial charge is 0.359 e. The lowest BCUT2D eigenvalue weighted by Crippen LogP contribution is -2.37. The minimum absolute atomic E-state index is 0.118. The Hall–Kier alpha value is -3.62. The number of carbonyl (C=O) groups excluding carboxylic acids is 2. The third-order valence-corrected chi connectivity index (χ3v) is 4.68. The molecule has 0 heterocycles. The number of non-ortho nitro benzene ring substituents is 1. The molecule has 0 radical (unpaired) electrons. The SMILES string of the molecule is CC(=O)ON(C(=O)Nc1ccc([N+](=O)[O-])cc1)c1cc(C(C)(C)C)c(O)c(C(C)(C)C)c1. The zero-order valence-corrected chi connectivity index (χ0v) is 19.3. The zero-order valence-electron chi connectivity index (χ0n) is 19.3. The van der Waals surface area contributed by atoms with Crippen LogP contribution in [0.3, 0.4) is 0 Å². The van der Waals surface area contributed by atoms with Crippen LogP contribution in [-0.2, 0) is 20.5 Å². The van der Waals surface area contributed by atoms with Crippen LogP contribution >= 0.6 is 0 Å². The fraction of sp³-hybridized carbons (Fsp3) is 0.391. The summed E-state index contributed by atoms with van der Waals surface area (Å²) in [6.07, 6.45) is 0. The predicted octanol–water partition coefficient (Wildman–Crippen LogP) is 5.41. The Balaban J connectivity index is 2.55.